The number of nitrogens with zero attached hydrogens (tertiary/aromatic N) is 3. The van der Waals surface area contributed by atoms with Crippen LogP contribution < -0.4 is 0 Å². The number of carbonyl (C=O) groups excluding carboxylic acids is 1. The Labute approximate surface area is 147 Å². The average molecular weight is 369 g/mol. The zero-order valence-corrected chi connectivity index (χ0v) is 13.2. The molecule has 0 unspecified atom stereocenters. The van der Waals surface area contributed by atoms with E-state index in [4.69, 9.17) is 0 Å². The predicted molar refractivity (Wildman–Crippen MR) is 86.6 cm³/mol. The number of fused-ring (bicyclic) bond motifs is 1. The van der Waals surface area contributed by atoms with E-state index < -0.39 is 4.92 Å². The van der Waals surface area contributed by atoms with Gasteiger partial charge in [0.05, 0.1) is 16.0 Å². The van der Waals surface area contributed by atoms with Crippen molar-refractivity contribution in [1.82, 2.24) is 0 Å². The molecule has 0 saturated heterocycles. The number of azo groups is 1. The predicted octanol–water partition coefficient (Wildman–Crippen LogP) is 4.97. The Bertz CT molecular complexity index is 927. The van der Waals surface area contributed by atoms with Gasteiger partial charge in [0, 0.05) is 34.1 Å². The fourth-order valence-electron chi connectivity index (χ4n) is 2.32. The molecule has 0 N–H and O–H groups in total. The summed E-state index contributed by atoms with van der Waals surface area (Å²) in [5.74, 6) is 0. The molecular formula is C17H11CuN3O3. The maximum Gasteiger partial charge on any atom is 0.278 e. The molecule has 7 heteroatoms. The van der Waals surface area contributed by atoms with Crippen molar-refractivity contribution in [1.29, 1.82) is 0 Å². The number of hydrogen-bond donors (Lipinski definition) is 0. The zero-order valence-electron chi connectivity index (χ0n) is 12.2. The molecule has 1 radical (unpaired) electrons. The van der Waals surface area contributed by atoms with Crippen molar-refractivity contribution in [3.8, 4) is 0 Å². The first-order chi connectivity index (χ1) is 11.2. The number of rotatable bonds is 4. The second kappa shape index (κ2) is 7.59. The first-order valence-corrected chi connectivity index (χ1v) is 6.83. The van der Waals surface area contributed by atoms with Crippen LogP contribution in [0.5, 0.6) is 0 Å². The number of aldehydes is 1. The minimum Gasteiger partial charge on any atom is -0.298 e. The molecule has 0 bridgehead atoms. The van der Waals surface area contributed by atoms with Crippen LogP contribution in [-0.4, -0.2) is 11.2 Å². The molecule has 0 fully saturated rings. The smallest absolute Gasteiger partial charge is 0.278 e. The van der Waals surface area contributed by atoms with Gasteiger partial charge in [0.15, 0.2) is 6.29 Å². The van der Waals surface area contributed by atoms with E-state index in [0.29, 0.717) is 28.4 Å². The van der Waals surface area contributed by atoms with Crippen LogP contribution in [-0.2, 0) is 17.1 Å². The van der Waals surface area contributed by atoms with E-state index in [9.17, 15) is 14.9 Å². The van der Waals surface area contributed by atoms with Crippen LogP contribution in [0.2, 0.25) is 0 Å². The summed E-state index contributed by atoms with van der Waals surface area (Å²) < 4.78 is 0. The van der Waals surface area contributed by atoms with Crippen molar-refractivity contribution in [3.05, 3.63) is 76.3 Å². The molecule has 3 rings (SSSR count). The molecule has 123 valence electrons. The van der Waals surface area contributed by atoms with Crippen molar-refractivity contribution in [2.75, 3.05) is 0 Å². The van der Waals surface area contributed by atoms with Crippen LogP contribution in [0.25, 0.3) is 10.8 Å². The summed E-state index contributed by atoms with van der Waals surface area (Å²) >= 11 is 0. The van der Waals surface area contributed by atoms with E-state index in [1.807, 2.05) is 18.2 Å². The summed E-state index contributed by atoms with van der Waals surface area (Å²) in [5, 5.41) is 20.4. The first-order valence-electron chi connectivity index (χ1n) is 6.83. The summed E-state index contributed by atoms with van der Waals surface area (Å²) in [6.07, 6.45) is 0.554. The second-order valence-electron chi connectivity index (χ2n) is 4.79. The standard InChI is InChI=1S/C17H11N3O3.Cu/c21-11-12-10-16(20(22)23)14-8-4-5-9-15(14)17(12)19-18-13-6-2-1-3-7-13;/h1-11H;. The molecule has 0 spiro atoms. The van der Waals surface area contributed by atoms with Gasteiger partial charge < -0.3 is 0 Å². The normalized spacial score (nSPS) is 10.5. The Morgan fingerprint density at radius 2 is 1.54 bits per heavy atom. The molecule has 3 aromatic carbocycles. The molecule has 0 aliphatic rings. The van der Waals surface area contributed by atoms with E-state index >= 15 is 0 Å². The minimum absolute atomic E-state index is 0. The van der Waals surface area contributed by atoms with Gasteiger partial charge in [0.2, 0.25) is 0 Å². The van der Waals surface area contributed by atoms with Crippen molar-refractivity contribution >= 4 is 34.1 Å². The SMILES string of the molecule is O=Cc1cc([N+](=O)[O-])c2ccccc2c1N=Nc1ccccc1.[Cu]. The third-order valence-corrected chi connectivity index (χ3v) is 3.37. The first kappa shape index (κ1) is 17.5. The van der Waals surface area contributed by atoms with Crippen LogP contribution in [0.4, 0.5) is 17.1 Å². The van der Waals surface area contributed by atoms with Crippen molar-refractivity contribution in [2.45, 2.75) is 0 Å². The zero-order chi connectivity index (χ0) is 16.2. The molecule has 0 amide bonds. The maximum absolute atomic E-state index is 11.3. The summed E-state index contributed by atoms with van der Waals surface area (Å²) in [6.45, 7) is 0. The van der Waals surface area contributed by atoms with Gasteiger partial charge in [-0.05, 0) is 18.2 Å². The van der Waals surface area contributed by atoms with Crippen LogP contribution in [0, 0.1) is 10.1 Å². The van der Waals surface area contributed by atoms with Crippen molar-refractivity contribution < 1.29 is 26.8 Å². The molecule has 0 saturated carbocycles. The third-order valence-electron chi connectivity index (χ3n) is 3.37. The van der Waals surface area contributed by atoms with Crippen molar-refractivity contribution in [2.24, 2.45) is 10.2 Å². The van der Waals surface area contributed by atoms with Gasteiger partial charge in [-0.2, -0.15) is 5.11 Å². The molecular weight excluding hydrogens is 358 g/mol. The van der Waals surface area contributed by atoms with E-state index in [2.05, 4.69) is 10.2 Å². The topological polar surface area (TPSA) is 84.9 Å². The Morgan fingerprint density at radius 1 is 0.917 bits per heavy atom. The third kappa shape index (κ3) is 3.37. The maximum atomic E-state index is 11.3. The van der Waals surface area contributed by atoms with Gasteiger partial charge >= 0.3 is 0 Å². The van der Waals surface area contributed by atoms with Gasteiger partial charge in [-0.25, -0.2) is 0 Å². The quantitative estimate of drug-likeness (QED) is 0.214. The van der Waals surface area contributed by atoms with Gasteiger partial charge in [-0.1, -0.05) is 36.4 Å². The molecule has 6 nitrogen and oxygen atoms in total. The summed E-state index contributed by atoms with van der Waals surface area (Å²) in [7, 11) is 0. The number of nitro groups is 1. The van der Waals surface area contributed by atoms with Crippen LogP contribution in [0.1, 0.15) is 10.4 Å². The molecule has 3 aromatic rings. The Balaban J connectivity index is 0.00000208. The molecule has 0 heterocycles. The van der Waals surface area contributed by atoms with Crippen LogP contribution >= 0.6 is 0 Å². The van der Waals surface area contributed by atoms with Crippen LogP contribution in [0.3, 0.4) is 0 Å². The van der Waals surface area contributed by atoms with Gasteiger partial charge in [-0.3, -0.25) is 14.9 Å². The fourth-order valence-corrected chi connectivity index (χ4v) is 2.32. The fraction of sp³-hybridized carbons (Fsp3) is 0. The van der Waals surface area contributed by atoms with Gasteiger partial charge in [-0.15, -0.1) is 5.11 Å². The summed E-state index contributed by atoms with van der Waals surface area (Å²) in [4.78, 5) is 22.0. The number of nitro benzene ring substituents is 1. The van der Waals surface area contributed by atoms with Crippen LogP contribution in [0.15, 0.2) is 70.9 Å². The monoisotopic (exact) mass is 368 g/mol. The number of non-ortho nitro benzene ring substituents is 1. The summed E-state index contributed by atoms with van der Waals surface area (Å²) in [6, 6.07) is 17.0. The number of hydrogen-bond acceptors (Lipinski definition) is 5. The average Bonchev–Trinajstić information content (AvgIpc) is 2.59. The largest absolute Gasteiger partial charge is 0.298 e. The minimum atomic E-state index is -0.506. The van der Waals surface area contributed by atoms with E-state index in [-0.39, 0.29) is 28.3 Å². The Kier molecular flexibility index (Phi) is 5.52. The number of carbonyl (C=O) groups is 1. The Morgan fingerprint density at radius 3 is 2.17 bits per heavy atom. The van der Waals surface area contributed by atoms with E-state index in [0.717, 1.165) is 0 Å². The molecule has 24 heavy (non-hydrogen) atoms. The molecule has 0 atom stereocenters. The summed E-state index contributed by atoms with van der Waals surface area (Å²) in [5.41, 5.74) is 0.966. The van der Waals surface area contributed by atoms with E-state index in [1.165, 1.54) is 6.07 Å². The second-order valence-corrected chi connectivity index (χ2v) is 4.79. The molecule has 0 aliphatic heterocycles. The number of benzene rings is 3. The molecule has 0 aromatic heterocycles. The van der Waals surface area contributed by atoms with Crippen molar-refractivity contribution in [3.63, 3.8) is 0 Å². The molecule has 0 aliphatic carbocycles. The van der Waals surface area contributed by atoms with Gasteiger partial charge in [0.25, 0.3) is 5.69 Å². The van der Waals surface area contributed by atoms with E-state index in [1.54, 1.807) is 36.4 Å². The van der Waals surface area contributed by atoms with Gasteiger partial charge in [0.1, 0.15) is 5.69 Å². The Hall–Kier alpha value is -2.89.